The Hall–Kier alpha value is -6.78. The van der Waals surface area contributed by atoms with E-state index in [0.717, 1.165) is 61.0 Å². The lowest BCUT2D eigenvalue weighted by Crippen LogP contribution is -2.33. The summed E-state index contributed by atoms with van der Waals surface area (Å²) in [6.07, 6.45) is -0.333. The number of benzene rings is 8. The molecule has 1 N–H and O–H groups in total. The zero-order chi connectivity index (χ0) is 33.7. The van der Waals surface area contributed by atoms with E-state index in [2.05, 4.69) is 163 Å². The van der Waals surface area contributed by atoms with Crippen LogP contribution < -0.4 is 5.32 Å². The summed E-state index contributed by atoms with van der Waals surface area (Å²) in [5.41, 5.74) is 9.39. The zero-order valence-electron chi connectivity index (χ0n) is 27.6. The molecule has 0 fully saturated rings. The summed E-state index contributed by atoms with van der Waals surface area (Å²) in [7, 11) is 0. The van der Waals surface area contributed by atoms with Crippen molar-refractivity contribution in [3.05, 3.63) is 193 Å². The second-order valence-corrected chi connectivity index (χ2v) is 13.0. The average Bonchev–Trinajstić information content (AvgIpc) is 3.60. The maximum Gasteiger partial charge on any atom is 0.159 e. The van der Waals surface area contributed by atoms with Crippen LogP contribution in [-0.2, 0) is 0 Å². The van der Waals surface area contributed by atoms with Gasteiger partial charge in [-0.2, -0.15) is 0 Å². The van der Waals surface area contributed by atoms with Crippen LogP contribution in [0.4, 0.5) is 0 Å². The number of para-hydroxylation sites is 1. The molecule has 10 rings (SSSR count). The molecule has 0 amide bonds. The Kier molecular flexibility index (Phi) is 6.85. The summed E-state index contributed by atoms with van der Waals surface area (Å²) in [5, 5.41) is 10.6. The van der Waals surface area contributed by atoms with Gasteiger partial charge in [0.05, 0.1) is 0 Å². The summed E-state index contributed by atoms with van der Waals surface area (Å²) in [4.78, 5) is 10.6. The van der Waals surface area contributed by atoms with E-state index >= 15 is 0 Å². The number of aliphatic imine (C=N–C) groups is 2. The van der Waals surface area contributed by atoms with Gasteiger partial charge in [-0.1, -0.05) is 146 Å². The normalized spacial score (nSPS) is 14.5. The van der Waals surface area contributed by atoms with E-state index in [4.69, 9.17) is 14.4 Å². The summed E-state index contributed by atoms with van der Waals surface area (Å²) in [6, 6.07) is 61.7. The van der Waals surface area contributed by atoms with Gasteiger partial charge in [0, 0.05) is 21.9 Å². The van der Waals surface area contributed by atoms with E-state index in [0.29, 0.717) is 5.84 Å². The van der Waals surface area contributed by atoms with E-state index in [9.17, 15) is 0 Å². The topological polar surface area (TPSA) is 49.9 Å². The Morgan fingerprint density at radius 1 is 0.451 bits per heavy atom. The minimum absolute atomic E-state index is 0.333. The smallest absolute Gasteiger partial charge is 0.159 e. The highest BCUT2D eigenvalue weighted by molar-refractivity contribution is 6.18. The number of amidine groups is 2. The van der Waals surface area contributed by atoms with Crippen LogP contribution in [0.1, 0.15) is 22.9 Å². The molecule has 1 aliphatic rings. The van der Waals surface area contributed by atoms with E-state index < -0.39 is 0 Å². The molecule has 4 nitrogen and oxygen atoms in total. The number of hydrogen-bond acceptors (Lipinski definition) is 4. The first kappa shape index (κ1) is 29.2. The molecule has 1 atom stereocenters. The lowest BCUT2D eigenvalue weighted by atomic mass is 9.92. The summed E-state index contributed by atoms with van der Waals surface area (Å²) >= 11 is 0. The summed E-state index contributed by atoms with van der Waals surface area (Å²) in [5.74, 6) is 1.48. The van der Waals surface area contributed by atoms with Crippen molar-refractivity contribution in [1.29, 1.82) is 0 Å². The van der Waals surface area contributed by atoms with Crippen LogP contribution in [0, 0.1) is 0 Å². The van der Waals surface area contributed by atoms with Crippen molar-refractivity contribution in [2.24, 2.45) is 9.98 Å². The minimum atomic E-state index is -0.333. The van der Waals surface area contributed by atoms with Crippen molar-refractivity contribution in [1.82, 2.24) is 5.32 Å². The molecule has 2 heterocycles. The Morgan fingerprint density at radius 2 is 1.12 bits per heavy atom. The van der Waals surface area contributed by atoms with Crippen molar-refractivity contribution in [2.75, 3.05) is 0 Å². The van der Waals surface area contributed by atoms with Gasteiger partial charge in [-0.3, -0.25) is 0 Å². The second-order valence-electron chi connectivity index (χ2n) is 13.0. The summed E-state index contributed by atoms with van der Waals surface area (Å²) < 4.78 is 6.31. The number of rotatable bonds is 5. The number of fused-ring (bicyclic) bond motifs is 5. The van der Waals surface area contributed by atoms with Crippen LogP contribution in [0.25, 0.3) is 65.7 Å². The molecule has 0 aliphatic carbocycles. The first-order valence-electron chi connectivity index (χ1n) is 17.3. The standard InChI is InChI=1S/C47H31N3O/c1-2-11-30(12-3-1)32-21-24-33(25-22-32)45-48-46(36-26-23-31-13-4-5-14-34(31)27-36)50-47(49-45)37-28-35-15-6-7-16-38(35)41(29-37)39-18-10-20-43-44(39)40-17-8-9-19-42(40)51-43/h1-29,45H,(H,48,49,50). The third kappa shape index (κ3) is 5.17. The van der Waals surface area contributed by atoms with Gasteiger partial charge < -0.3 is 9.73 Å². The largest absolute Gasteiger partial charge is 0.456 e. The molecule has 1 unspecified atom stereocenters. The number of furan rings is 1. The van der Waals surface area contributed by atoms with E-state index in [1.807, 2.05) is 18.2 Å². The van der Waals surface area contributed by atoms with E-state index in [1.54, 1.807) is 0 Å². The highest BCUT2D eigenvalue weighted by Crippen LogP contribution is 2.40. The van der Waals surface area contributed by atoms with Crippen molar-refractivity contribution in [3.63, 3.8) is 0 Å². The summed E-state index contributed by atoms with van der Waals surface area (Å²) in [6.45, 7) is 0. The monoisotopic (exact) mass is 653 g/mol. The molecular weight excluding hydrogens is 623 g/mol. The fourth-order valence-corrected chi connectivity index (χ4v) is 7.38. The molecular formula is C47H31N3O. The lowest BCUT2D eigenvalue weighted by molar-refractivity contribution is 0.669. The van der Waals surface area contributed by atoms with E-state index in [1.165, 1.54) is 27.3 Å². The Labute approximate surface area is 295 Å². The fourth-order valence-electron chi connectivity index (χ4n) is 7.38. The lowest BCUT2D eigenvalue weighted by Gasteiger charge is -2.24. The van der Waals surface area contributed by atoms with Gasteiger partial charge in [-0.25, -0.2) is 9.98 Å². The molecule has 51 heavy (non-hydrogen) atoms. The van der Waals surface area contributed by atoms with Gasteiger partial charge in [0.2, 0.25) is 0 Å². The molecule has 4 heteroatoms. The fraction of sp³-hybridized carbons (Fsp3) is 0.0213. The van der Waals surface area contributed by atoms with Gasteiger partial charge in [-0.05, 0) is 79.7 Å². The van der Waals surface area contributed by atoms with Crippen molar-refractivity contribution in [3.8, 4) is 22.3 Å². The van der Waals surface area contributed by atoms with Gasteiger partial charge in [0.1, 0.15) is 23.2 Å². The molecule has 0 bridgehead atoms. The van der Waals surface area contributed by atoms with Crippen LogP contribution in [-0.4, -0.2) is 11.7 Å². The third-order valence-electron chi connectivity index (χ3n) is 9.91. The molecule has 1 aliphatic heterocycles. The second kappa shape index (κ2) is 12.0. The van der Waals surface area contributed by atoms with Crippen LogP contribution in [0.2, 0.25) is 0 Å². The zero-order valence-corrected chi connectivity index (χ0v) is 27.6. The molecule has 1 aromatic heterocycles. The van der Waals surface area contributed by atoms with Gasteiger partial charge >= 0.3 is 0 Å². The predicted molar refractivity (Wildman–Crippen MR) is 211 cm³/mol. The first-order chi connectivity index (χ1) is 25.2. The first-order valence-corrected chi connectivity index (χ1v) is 17.3. The average molecular weight is 654 g/mol. The maximum absolute atomic E-state index is 6.31. The maximum atomic E-state index is 6.31. The quantitative estimate of drug-likeness (QED) is 0.201. The molecule has 240 valence electrons. The van der Waals surface area contributed by atoms with Crippen molar-refractivity contribution < 1.29 is 4.42 Å². The molecule has 0 radical (unpaired) electrons. The van der Waals surface area contributed by atoms with Crippen LogP contribution >= 0.6 is 0 Å². The predicted octanol–water partition coefficient (Wildman–Crippen LogP) is 11.7. The van der Waals surface area contributed by atoms with Crippen molar-refractivity contribution in [2.45, 2.75) is 6.17 Å². The highest BCUT2D eigenvalue weighted by Gasteiger charge is 2.23. The number of hydrogen-bond donors (Lipinski definition) is 1. The van der Waals surface area contributed by atoms with Gasteiger partial charge in [0.15, 0.2) is 5.84 Å². The molecule has 0 saturated heterocycles. The van der Waals surface area contributed by atoms with Gasteiger partial charge in [-0.15, -0.1) is 0 Å². The molecule has 9 aromatic rings. The van der Waals surface area contributed by atoms with Gasteiger partial charge in [0.25, 0.3) is 0 Å². The molecule has 0 spiro atoms. The highest BCUT2D eigenvalue weighted by atomic mass is 16.3. The van der Waals surface area contributed by atoms with Crippen LogP contribution in [0.3, 0.4) is 0 Å². The number of nitrogens with zero attached hydrogens (tertiary/aromatic N) is 2. The Balaban J connectivity index is 1.16. The SMILES string of the molecule is c1ccc(-c2ccc(C3N=C(c4cc(-c5cccc6oc7ccccc7c56)c5ccccc5c4)N=C(c4ccc5ccccc5c4)N3)cc2)cc1. The minimum Gasteiger partial charge on any atom is -0.456 e. The molecule has 8 aromatic carbocycles. The number of nitrogens with one attached hydrogen (secondary N) is 1. The third-order valence-corrected chi connectivity index (χ3v) is 9.91. The Morgan fingerprint density at radius 3 is 1.98 bits per heavy atom. The van der Waals surface area contributed by atoms with Crippen LogP contribution in [0.5, 0.6) is 0 Å². The molecule has 0 saturated carbocycles. The van der Waals surface area contributed by atoms with Crippen molar-refractivity contribution >= 4 is 55.2 Å². The van der Waals surface area contributed by atoms with Crippen LogP contribution in [0.15, 0.2) is 190 Å². The van der Waals surface area contributed by atoms with E-state index in [-0.39, 0.29) is 6.17 Å². The Bertz CT molecular complexity index is 2830.